The van der Waals surface area contributed by atoms with Crippen molar-refractivity contribution in [3.05, 3.63) is 35.9 Å². The Balaban J connectivity index is 1.50. The van der Waals surface area contributed by atoms with E-state index in [2.05, 4.69) is 47.6 Å². The van der Waals surface area contributed by atoms with Crippen molar-refractivity contribution in [1.82, 2.24) is 10.2 Å². The highest BCUT2D eigenvalue weighted by Crippen LogP contribution is 2.24. The van der Waals surface area contributed by atoms with Crippen LogP contribution in [0.4, 0.5) is 0 Å². The fourth-order valence-corrected chi connectivity index (χ4v) is 2.45. The third kappa shape index (κ3) is 4.79. The Kier molecular flexibility index (Phi) is 5.69. The molecule has 18 heavy (non-hydrogen) atoms. The van der Waals surface area contributed by atoms with Gasteiger partial charge in [0.05, 0.1) is 0 Å². The van der Waals surface area contributed by atoms with Crippen molar-refractivity contribution in [3.8, 4) is 0 Å². The summed E-state index contributed by atoms with van der Waals surface area (Å²) in [7, 11) is 2.21. The second-order valence-corrected chi connectivity index (χ2v) is 5.58. The highest BCUT2D eigenvalue weighted by Gasteiger charge is 2.15. The van der Waals surface area contributed by atoms with Crippen molar-refractivity contribution in [2.75, 3.05) is 26.7 Å². The van der Waals surface area contributed by atoms with Gasteiger partial charge in [0, 0.05) is 6.54 Å². The zero-order valence-corrected chi connectivity index (χ0v) is 11.6. The lowest BCUT2D eigenvalue weighted by atomic mass is 9.85. The summed E-state index contributed by atoms with van der Waals surface area (Å²) < 4.78 is 0. The molecule has 1 fully saturated rings. The number of nitrogens with zero attached hydrogens (tertiary/aromatic N) is 1. The lowest BCUT2D eigenvalue weighted by Gasteiger charge is -2.25. The normalized spacial score (nSPS) is 15.9. The highest BCUT2D eigenvalue weighted by atomic mass is 15.1. The predicted octanol–water partition coefficient (Wildman–Crippen LogP) is 2.90. The Morgan fingerprint density at radius 3 is 2.67 bits per heavy atom. The summed E-state index contributed by atoms with van der Waals surface area (Å²) in [5.41, 5.74) is 1.41. The summed E-state index contributed by atoms with van der Waals surface area (Å²) in [6.45, 7) is 4.63. The van der Waals surface area contributed by atoms with Crippen molar-refractivity contribution >= 4 is 0 Å². The maximum Gasteiger partial charge on any atom is 0.0230 e. The predicted molar refractivity (Wildman–Crippen MR) is 77.6 cm³/mol. The summed E-state index contributed by atoms with van der Waals surface area (Å²) in [5.74, 6) is 0.979. The zero-order chi connectivity index (χ0) is 12.6. The van der Waals surface area contributed by atoms with Crippen LogP contribution in [0.1, 0.15) is 31.2 Å². The first kappa shape index (κ1) is 13.6. The number of benzene rings is 1. The van der Waals surface area contributed by atoms with Crippen molar-refractivity contribution in [2.24, 2.45) is 5.92 Å². The van der Waals surface area contributed by atoms with E-state index in [1.54, 1.807) is 0 Å². The molecule has 1 aliphatic carbocycles. The van der Waals surface area contributed by atoms with Crippen LogP contribution in [0.2, 0.25) is 0 Å². The lowest BCUT2D eigenvalue weighted by molar-refractivity contribution is 0.290. The third-order valence-corrected chi connectivity index (χ3v) is 3.85. The largest absolute Gasteiger partial charge is 0.316 e. The smallest absolute Gasteiger partial charge is 0.0230 e. The molecule has 0 heterocycles. The van der Waals surface area contributed by atoms with Gasteiger partial charge in [-0.2, -0.15) is 0 Å². The Labute approximate surface area is 111 Å². The lowest BCUT2D eigenvalue weighted by Crippen LogP contribution is -2.29. The molecule has 0 saturated heterocycles. The molecule has 0 atom stereocenters. The van der Waals surface area contributed by atoms with Crippen LogP contribution in [-0.4, -0.2) is 31.6 Å². The second-order valence-electron chi connectivity index (χ2n) is 5.58. The molecule has 0 unspecified atom stereocenters. The van der Waals surface area contributed by atoms with Crippen LogP contribution < -0.4 is 5.32 Å². The molecule has 0 aromatic heterocycles. The Morgan fingerprint density at radius 1 is 1.22 bits per heavy atom. The Hall–Kier alpha value is -0.860. The molecular formula is C16H26N2. The van der Waals surface area contributed by atoms with E-state index in [1.165, 1.54) is 44.3 Å². The summed E-state index contributed by atoms with van der Waals surface area (Å²) in [6.07, 6.45) is 5.59. The summed E-state index contributed by atoms with van der Waals surface area (Å²) in [5, 5.41) is 3.58. The average Bonchev–Trinajstić information content (AvgIpc) is 2.32. The Morgan fingerprint density at radius 2 is 2.00 bits per heavy atom. The van der Waals surface area contributed by atoms with Crippen LogP contribution in [0, 0.1) is 5.92 Å². The van der Waals surface area contributed by atoms with Crippen LogP contribution in [0.15, 0.2) is 30.3 Å². The zero-order valence-electron chi connectivity index (χ0n) is 11.6. The van der Waals surface area contributed by atoms with Gasteiger partial charge in [-0.25, -0.2) is 0 Å². The van der Waals surface area contributed by atoms with Gasteiger partial charge in [-0.15, -0.1) is 0 Å². The van der Waals surface area contributed by atoms with Gasteiger partial charge in [-0.1, -0.05) is 36.8 Å². The standard InChI is InChI=1S/C16H26N2/c1-18(14-16-7-3-2-4-8-16)12-6-11-17-13-15-9-5-10-15/h2-4,7-8,15,17H,5-6,9-14H2,1H3. The number of nitrogens with one attached hydrogen (secondary N) is 1. The molecule has 1 aromatic rings. The molecule has 2 nitrogen and oxygen atoms in total. The van der Waals surface area contributed by atoms with Gasteiger partial charge in [0.15, 0.2) is 0 Å². The van der Waals surface area contributed by atoms with Crippen molar-refractivity contribution < 1.29 is 0 Å². The Bertz CT molecular complexity index is 319. The first-order valence-electron chi connectivity index (χ1n) is 7.28. The minimum atomic E-state index is 0.979. The molecule has 1 saturated carbocycles. The first-order valence-corrected chi connectivity index (χ1v) is 7.28. The van der Waals surface area contributed by atoms with E-state index in [0.29, 0.717) is 0 Å². The molecule has 0 bridgehead atoms. The molecule has 0 amide bonds. The summed E-state index contributed by atoms with van der Waals surface area (Å²) >= 11 is 0. The van der Waals surface area contributed by atoms with Crippen molar-refractivity contribution in [1.29, 1.82) is 0 Å². The van der Waals surface area contributed by atoms with Gasteiger partial charge in [-0.3, -0.25) is 0 Å². The number of hydrogen-bond donors (Lipinski definition) is 1. The molecule has 0 aliphatic heterocycles. The van der Waals surface area contributed by atoms with Gasteiger partial charge in [-0.05, 0) is 57.4 Å². The molecular weight excluding hydrogens is 220 g/mol. The molecule has 1 N–H and O–H groups in total. The molecule has 2 rings (SSSR count). The van der Waals surface area contributed by atoms with Gasteiger partial charge >= 0.3 is 0 Å². The highest BCUT2D eigenvalue weighted by molar-refractivity contribution is 5.14. The van der Waals surface area contributed by atoms with E-state index >= 15 is 0 Å². The molecule has 1 aromatic carbocycles. The third-order valence-electron chi connectivity index (χ3n) is 3.85. The van der Waals surface area contributed by atoms with E-state index in [4.69, 9.17) is 0 Å². The molecule has 0 spiro atoms. The van der Waals surface area contributed by atoms with Gasteiger partial charge in [0.25, 0.3) is 0 Å². The quantitative estimate of drug-likeness (QED) is 0.710. The maximum atomic E-state index is 3.58. The molecule has 0 radical (unpaired) electrons. The van der Waals surface area contributed by atoms with E-state index < -0.39 is 0 Å². The molecule has 100 valence electrons. The van der Waals surface area contributed by atoms with Crippen LogP contribution in [0.5, 0.6) is 0 Å². The fraction of sp³-hybridized carbons (Fsp3) is 0.625. The summed E-state index contributed by atoms with van der Waals surface area (Å²) in [4.78, 5) is 2.40. The second kappa shape index (κ2) is 7.55. The fourth-order valence-electron chi connectivity index (χ4n) is 2.45. The van der Waals surface area contributed by atoms with Gasteiger partial charge < -0.3 is 10.2 Å². The monoisotopic (exact) mass is 246 g/mol. The van der Waals surface area contributed by atoms with E-state index in [-0.39, 0.29) is 0 Å². The summed E-state index contributed by atoms with van der Waals surface area (Å²) in [6, 6.07) is 10.7. The van der Waals surface area contributed by atoms with Crippen molar-refractivity contribution in [2.45, 2.75) is 32.2 Å². The van der Waals surface area contributed by atoms with E-state index in [1.807, 2.05) is 0 Å². The van der Waals surface area contributed by atoms with Crippen LogP contribution >= 0.6 is 0 Å². The van der Waals surface area contributed by atoms with Crippen LogP contribution in [0.3, 0.4) is 0 Å². The van der Waals surface area contributed by atoms with Gasteiger partial charge in [0.1, 0.15) is 0 Å². The molecule has 2 heteroatoms. The minimum Gasteiger partial charge on any atom is -0.316 e. The maximum absolute atomic E-state index is 3.58. The van der Waals surface area contributed by atoms with Crippen molar-refractivity contribution in [3.63, 3.8) is 0 Å². The van der Waals surface area contributed by atoms with E-state index in [0.717, 1.165) is 19.0 Å². The SMILES string of the molecule is CN(CCCNCC1CCC1)Cc1ccccc1. The van der Waals surface area contributed by atoms with Gasteiger partial charge in [0.2, 0.25) is 0 Å². The van der Waals surface area contributed by atoms with Crippen LogP contribution in [0.25, 0.3) is 0 Å². The van der Waals surface area contributed by atoms with E-state index in [9.17, 15) is 0 Å². The average molecular weight is 246 g/mol. The molecule has 1 aliphatic rings. The number of rotatable bonds is 8. The topological polar surface area (TPSA) is 15.3 Å². The first-order chi connectivity index (χ1) is 8.84. The van der Waals surface area contributed by atoms with Crippen LogP contribution in [-0.2, 0) is 6.54 Å². The minimum absolute atomic E-state index is 0.979. The number of hydrogen-bond acceptors (Lipinski definition) is 2.